The van der Waals surface area contributed by atoms with Crippen LogP contribution < -0.4 is 10.2 Å². The van der Waals surface area contributed by atoms with E-state index in [1.54, 1.807) is 0 Å². The molecule has 3 nitrogen and oxygen atoms in total. The lowest BCUT2D eigenvalue weighted by atomic mass is 10.1. The summed E-state index contributed by atoms with van der Waals surface area (Å²) in [6.07, 6.45) is 3.72. The number of rotatable bonds is 5. The number of anilines is 2. The molecule has 1 aliphatic heterocycles. The zero-order valence-corrected chi connectivity index (χ0v) is 15.1. The lowest BCUT2D eigenvalue weighted by molar-refractivity contribution is -0.113. The highest BCUT2D eigenvalue weighted by Crippen LogP contribution is 2.29. The molecule has 5 heteroatoms. The summed E-state index contributed by atoms with van der Waals surface area (Å²) in [6, 6.07) is 15.6. The molecule has 1 fully saturated rings. The van der Waals surface area contributed by atoms with Gasteiger partial charge in [-0.25, -0.2) is 0 Å². The molecule has 2 aromatic carbocycles. The summed E-state index contributed by atoms with van der Waals surface area (Å²) in [5, 5.41) is 3.74. The van der Waals surface area contributed by atoms with Crippen molar-refractivity contribution < 1.29 is 4.79 Å². The van der Waals surface area contributed by atoms with Crippen LogP contribution in [0.3, 0.4) is 0 Å². The molecule has 1 amide bonds. The Hall–Kier alpha value is -1.65. The van der Waals surface area contributed by atoms with Gasteiger partial charge in [0.25, 0.3) is 0 Å². The topological polar surface area (TPSA) is 32.3 Å². The number of amides is 1. The van der Waals surface area contributed by atoms with Gasteiger partial charge in [-0.1, -0.05) is 35.9 Å². The average molecular weight is 361 g/mol. The first-order chi connectivity index (χ1) is 11.7. The molecule has 0 unspecified atom stereocenters. The Kier molecular flexibility index (Phi) is 6.05. The minimum Gasteiger partial charge on any atom is -0.370 e. The van der Waals surface area contributed by atoms with E-state index in [9.17, 15) is 4.79 Å². The summed E-state index contributed by atoms with van der Waals surface area (Å²) in [4.78, 5) is 15.6. The maximum absolute atomic E-state index is 12.3. The predicted octanol–water partition coefficient (Wildman–Crippen LogP) is 5.06. The highest BCUT2D eigenvalue weighted by atomic mass is 35.5. The van der Waals surface area contributed by atoms with Gasteiger partial charge in [0.1, 0.15) is 0 Å². The van der Waals surface area contributed by atoms with Crippen LogP contribution in [0.15, 0.2) is 53.4 Å². The lowest BCUT2D eigenvalue weighted by Crippen LogP contribution is -2.30. The van der Waals surface area contributed by atoms with Gasteiger partial charge in [0.15, 0.2) is 0 Å². The molecular weight excluding hydrogens is 340 g/mol. The van der Waals surface area contributed by atoms with Crippen LogP contribution in [0.25, 0.3) is 0 Å². The number of halogens is 1. The van der Waals surface area contributed by atoms with Crippen molar-refractivity contribution in [3.8, 4) is 0 Å². The molecule has 2 aromatic rings. The van der Waals surface area contributed by atoms with Crippen LogP contribution in [0.2, 0.25) is 5.02 Å². The Labute approximate surface area is 152 Å². The number of nitrogens with one attached hydrogen (secondary N) is 1. The molecule has 0 saturated carbocycles. The predicted molar refractivity (Wildman–Crippen MR) is 103 cm³/mol. The van der Waals surface area contributed by atoms with Crippen molar-refractivity contribution in [3.63, 3.8) is 0 Å². The van der Waals surface area contributed by atoms with Crippen LogP contribution in [0.5, 0.6) is 0 Å². The second-order valence-electron chi connectivity index (χ2n) is 5.83. The number of para-hydroxylation sites is 2. The van der Waals surface area contributed by atoms with E-state index in [4.69, 9.17) is 11.6 Å². The molecular formula is C19H21ClN2OS. The number of nitrogens with zero attached hydrogens (tertiary/aromatic N) is 1. The molecule has 126 valence electrons. The standard InChI is InChI=1S/C19H21ClN2OS/c20-15-8-2-5-11-18(15)24-14-19(23)21-16-9-3-4-10-17(16)22-12-6-1-7-13-22/h2-5,8-11H,1,6-7,12-14H2,(H,21,23). The third kappa shape index (κ3) is 4.46. The Balaban J connectivity index is 1.63. The molecule has 1 saturated heterocycles. The Bertz CT molecular complexity index is 701. The van der Waals surface area contributed by atoms with Gasteiger partial charge in [-0.05, 0) is 43.5 Å². The number of piperidine rings is 1. The summed E-state index contributed by atoms with van der Waals surface area (Å²) >= 11 is 7.59. The van der Waals surface area contributed by atoms with Crippen molar-refractivity contribution in [2.24, 2.45) is 0 Å². The van der Waals surface area contributed by atoms with Crippen molar-refractivity contribution in [2.45, 2.75) is 24.2 Å². The highest BCUT2D eigenvalue weighted by molar-refractivity contribution is 8.00. The summed E-state index contributed by atoms with van der Waals surface area (Å²) in [6.45, 7) is 2.11. The van der Waals surface area contributed by atoms with Crippen LogP contribution in [0.4, 0.5) is 11.4 Å². The molecule has 0 bridgehead atoms. The molecule has 0 aliphatic carbocycles. The van der Waals surface area contributed by atoms with Crippen LogP contribution >= 0.6 is 23.4 Å². The van der Waals surface area contributed by atoms with Gasteiger partial charge in [0.05, 0.1) is 22.2 Å². The quantitative estimate of drug-likeness (QED) is 0.756. The number of hydrogen-bond acceptors (Lipinski definition) is 3. The van der Waals surface area contributed by atoms with Crippen LogP contribution in [0, 0.1) is 0 Å². The number of carbonyl (C=O) groups excluding carboxylic acids is 1. The molecule has 24 heavy (non-hydrogen) atoms. The molecule has 0 aromatic heterocycles. The van der Waals surface area contributed by atoms with Crippen molar-refractivity contribution >= 4 is 40.6 Å². The van der Waals surface area contributed by atoms with E-state index in [0.717, 1.165) is 29.4 Å². The van der Waals surface area contributed by atoms with Crippen LogP contribution in [0.1, 0.15) is 19.3 Å². The monoisotopic (exact) mass is 360 g/mol. The molecule has 1 heterocycles. The van der Waals surface area contributed by atoms with Gasteiger partial charge >= 0.3 is 0 Å². The number of hydrogen-bond donors (Lipinski definition) is 1. The maximum atomic E-state index is 12.3. The third-order valence-electron chi connectivity index (χ3n) is 4.07. The SMILES string of the molecule is O=C(CSc1ccccc1Cl)Nc1ccccc1N1CCCCC1. The van der Waals surface area contributed by atoms with Gasteiger partial charge in [0, 0.05) is 18.0 Å². The second-order valence-corrected chi connectivity index (χ2v) is 7.26. The van der Waals surface area contributed by atoms with Gasteiger partial charge in [-0.2, -0.15) is 0 Å². The molecule has 0 radical (unpaired) electrons. The molecule has 1 aliphatic rings. The van der Waals surface area contributed by atoms with E-state index in [0.29, 0.717) is 10.8 Å². The summed E-state index contributed by atoms with van der Waals surface area (Å²) < 4.78 is 0. The zero-order chi connectivity index (χ0) is 16.8. The normalized spacial score (nSPS) is 14.5. The van der Waals surface area contributed by atoms with Crippen molar-refractivity contribution in [1.82, 2.24) is 0 Å². The molecule has 0 atom stereocenters. The Morgan fingerprint density at radius 2 is 1.75 bits per heavy atom. The lowest BCUT2D eigenvalue weighted by Gasteiger charge is -2.30. The molecule has 3 rings (SSSR count). The minimum atomic E-state index is -0.00983. The zero-order valence-electron chi connectivity index (χ0n) is 13.5. The molecule has 1 N–H and O–H groups in total. The van der Waals surface area contributed by atoms with Crippen molar-refractivity contribution in [1.29, 1.82) is 0 Å². The fourth-order valence-electron chi connectivity index (χ4n) is 2.88. The number of benzene rings is 2. The summed E-state index contributed by atoms with van der Waals surface area (Å²) in [5.74, 6) is 0.335. The van der Waals surface area contributed by atoms with E-state index in [1.807, 2.05) is 42.5 Å². The fourth-order valence-corrected chi connectivity index (χ4v) is 3.92. The third-order valence-corrected chi connectivity index (χ3v) is 5.59. The van der Waals surface area contributed by atoms with Gasteiger partial charge in [-0.15, -0.1) is 11.8 Å². The Morgan fingerprint density at radius 1 is 1.04 bits per heavy atom. The second kappa shape index (κ2) is 8.45. The van der Waals surface area contributed by atoms with Crippen LogP contribution in [-0.2, 0) is 4.79 Å². The van der Waals surface area contributed by atoms with E-state index >= 15 is 0 Å². The van der Waals surface area contributed by atoms with Gasteiger partial charge in [-0.3, -0.25) is 4.79 Å². The van der Waals surface area contributed by atoms with E-state index in [2.05, 4.69) is 16.3 Å². The van der Waals surface area contributed by atoms with E-state index < -0.39 is 0 Å². The summed E-state index contributed by atoms with van der Waals surface area (Å²) in [5.41, 5.74) is 2.01. The number of thioether (sulfide) groups is 1. The largest absolute Gasteiger partial charge is 0.370 e. The summed E-state index contributed by atoms with van der Waals surface area (Å²) in [7, 11) is 0. The number of carbonyl (C=O) groups is 1. The average Bonchev–Trinajstić information content (AvgIpc) is 2.62. The van der Waals surface area contributed by atoms with Crippen molar-refractivity contribution in [2.75, 3.05) is 29.1 Å². The first kappa shape index (κ1) is 17.2. The highest BCUT2D eigenvalue weighted by Gasteiger charge is 2.15. The van der Waals surface area contributed by atoms with Crippen molar-refractivity contribution in [3.05, 3.63) is 53.6 Å². The smallest absolute Gasteiger partial charge is 0.234 e. The maximum Gasteiger partial charge on any atom is 0.234 e. The Morgan fingerprint density at radius 3 is 2.54 bits per heavy atom. The van der Waals surface area contributed by atoms with Crippen LogP contribution in [-0.4, -0.2) is 24.7 Å². The van der Waals surface area contributed by atoms with Gasteiger partial charge < -0.3 is 10.2 Å². The first-order valence-electron chi connectivity index (χ1n) is 8.25. The van der Waals surface area contributed by atoms with E-state index in [-0.39, 0.29) is 5.91 Å². The van der Waals surface area contributed by atoms with Gasteiger partial charge in [0.2, 0.25) is 5.91 Å². The molecule has 0 spiro atoms. The fraction of sp³-hybridized carbons (Fsp3) is 0.316. The van der Waals surface area contributed by atoms with E-state index in [1.165, 1.54) is 31.0 Å². The minimum absolute atomic E-state index is 0.00983. The first-order valence-corrected chi connectivity index (χ1v) is 9.61.